The Labute approximate surface area is 175 Å². The molecule has 164 valence electrons. The predicted octanol–water partition coefficient (Wildman–Crippen LogP) is 4.39. The Morgan fingerprint density at radius 3 is 2.34 bits per heavy atom. The fourth-order valence-electron chi connectivity index (χ4n) is 3.07. The van der Waals surface area contributed by atoms with Gasteiger partial charge in [-0.2, -0.15) is 8.42 Å². The maximum atomic E-state index is 12.5. The number of hydrogen-bond acceptors (Lipinski definition) is 5. The molecule has 1 unspecified atom stereocenters. The van der Waals surface area contributed by atoms with Gasteiger partial charge in [0.15, 0.2) is 0 Å². The number of carbonyl (C=O) groups is 2. The molecule has 1 rings (SSSR count). The Morgan fingerprint density at radius 1 is 1.03 bits per heavy atom. The molecular weight excluding hydrogens is 390 g/mol. The third-order valence-corrected chi connectivity index (χ3v) is 6.48. The van der Waals surface area contributed by atoms with Gasteiger partial charge >= 0.3 is 10.1 Å². The van der Waals surface area contributed by atoms with Crippen LogP contribution >= 0.6 is 0 Å². The molecule has 0 aliphatic heterocycles. The number of amides is 1. The molecule has 0 fully saturated rings. The number of unbranched alkanes of at least 4 members (excludes halogenated alkanes) is 6. The van der Waals surface area contributed by atoms with Crippen LogP contribution in [0, 0.1) is 0 Å². The number of benzene rings is 1. The smallest absolute Gasteiger partial charge is 0.312 e. The van der Waals surface area contributed by atoms with E-state index in [9.17, 15) is 18.0 Å². The summed E-state index contributed by atoms with van der Waals surface area (Å²) >= 11 is 0. The van der Waals surface area contributed by atoms with E-state index in [1.807, 2.05) is 0 Å². The highest BCUT2D eigenvalue weighted by molar-refractivity contribution is 7.87. The molecule has 0 saturated heterocycles. The lowest BCUT2D eigenvalue weighted by atomic mass is 10.1. The number of carbonyl (C=O) groups excluding carboxylic acids is 2. The van der Waals surface area contributed by atoms with Crippen molar-refractivity contribution in [3.63, 3.8) is 0 Å². The summed E-state index contributed by atoms with van der Waals surface area (Å²) in [5.74, 6) is 0.181. The Hall–Kier alpha value is -1.89. The van der Waals surface area contributed by atoms with Crippen molar-refractivity contribution in [1.82, 2.24) is 5.32 Å². The van der Waals surface area contributed by atoms with Crippen LogP contribution in [-0.2, 0) is 19.7 Å². The van der Waals surface area contributed by atoms with Crippen molar-refractivity contribution in [3.05, 3.63) is 30.3 Å². The van der Waals surface area contributed by atoms with Crippen LogP contribution in [0.4, 0.5) is 0 Å². The summed E-state index contributed by atoms with van der Waals surface area (Å²) in [4.78, 5) is 22.7. The van der Waals surface area contributed by atoms with E-state index < -0.39 is 15.4 Å². The molecule has 0 bridgehead atoms. The highest BCUT2D eigenvalue weighted by atomic mass is 32.2. The van der Waals surface area contributed by atoms with Crippen LogP contribution in [0.2, 0.25) is 0 Å². The third kappa shape index (κ3) is 11.6. The number of nitrogens with one attached hydrogen (secondary N) is 1. The molecule has 1 atom stereocenters. The van der Waals surface area contributed by atoms with Crippen molar-refractivity contribution in [3.8, 4) is 5.75 Å². The van der Waals surface area contributed by atoms with E-state index in [0.29, 0.717) is 12.7 Å². The van der Waals surface area contributed by atoms with Crippen LogP contribution in [0.5, 0.6) is 5.75 Å². The van der Waals surface area contributed by atoms with Gasteiger partial charge < -0.3 is 14.3 Å². The number of hydrogen-bond donors (Lipinski definition) is 1. The van der Waals surface area contributed by atoms with Crippen LogP contribution < -0.4 is 9.50 Å². The summed E-state index contributed by atoms with van der Waals surface area (Å²) in [7, 11) is -3.89. The van der Waals surface area contributed by atoms with Gasteiger partial charge in [0, 0.05) is 19.4 Å². The number of para-hydroxylation sites is 1. The first-order valence-corrected chi connectivity index (χ1v) is 12.2. The zero-order valence-electron chi connectivity index (χ0n) is 17.5. The van der Waals surface area contributed by atoms with E-state index in [2.05, 4.69) is 12.2 Å². The molecular formula is C22H35NO5S. The van der Waals surface area contributed by atoms with E-state index >= 15 is 0 Å². The van der Waals surface area contributed by atoms with E-state index in [0.717, 1.165) is 19.3 Å². The van der Waals surface area contributed by atoms with Gasteiger partial charge in [-0.15, -0.1) is 0 Å². The lowest BCUT2D eigenvalue weighted by Crippen LogP contribution is -2.32. The molecule has 0 heterocycles. The van der Waals surface area contributed by atoms with Crippen molar-refractivity contribution in [2.45, 2.75) is 82.8 Å². The molecule has 7 heteroatoms. The standard InChI is InChI=1S/C22H35NO5S/c1-2-3-4-5-6-7-11-16-22(25)23-18-17-21(15-12-19-24)29(26,27)28-20-13-9-8-10-14-20/h8-10,13-14,19,21H,2-7,11-12,15-18H2,1H3,(H,23,25). The van der Waals surface area contributed by atoms with Gasteiger partial charge in [0.05, 0.1) is 5.25 Å². The normalized spacial score (nSPS) is 12.3. The second-order valence-electron chi connectivity index (χ2n) is 7.27. The van der Waals surface area contributed by atoms with Crippen molar-refractivity contribution < 1.29 is 22.2 Å². The van der Waals surface area contributed by atoms with Crippen LogP contribution in [0.15, 0.2) is 30.3 Å². The Balaban J connectivity index is 2.37. The predicted molar refractivity (Wildman–Crippen MR) is 115 cm³/mol. The lowest BCUT2D eigenvalue weighted by Gasteiger charge is -2.17. The molecule has 0 aliphatic rings. The molecule has 29 heavy (non-hydrogen) atoms. The van der Waals surface area contributed by atoms with Crippen molar-refractivity contribution in [1.29, 1.82) is 0 Å². The minimum absolute atomic E-state index is 0.0610. The number of aldehydes is 1. The molecule has 0 aliphatic carbocycles. The van der Waals surface area contributed by atoms with Gasteiger partial charge in [-0.05, 0) is 31.4 Å². The Kier molecular flexibility index (Phi) is 13.0. The van der Waals surface area contributed by atoms with Crippen molar-refractivity contribution in [2.75, 3.05) is 6.54 Å². The summed E-state index contributed by atoms with van der Waals surface area (Å²) in [5.41, 5.74) is 0. The topological polar surface area (TPSA) is 89.5 Å². The summed E-state index contributed by atoms with van der Waals surface area (Å²) < 4.78 is 30.3. The second kappa shape index (κ2) is 15.0. The summed E-state index contributed by atoms with van der Waals surface area (Å²) in [6.45, 7) is 2.43. The minimum Gasteiger partial charge on any atom is -0.382 e. The minimum atomic E-state index is -3.89. The van der Waals surface area contributed by atoms with Crippen LogP contribution in [0.3, 0.4) is 0 Å². The fraction of sp³-hybridized carbons (Fsp3) is 0.636. The van der Waals surface area contributed by atoms with E-state index in [1.54, 1.807) is 30.3 Å². The molecule has 0 spiro atoms. The zero-order chi connectivity index (χ0) is 21.4. The van der Waals surface area contributed by atoms with Crippen LogP contribution in [0.25, 0.3) is 0 Å². The van der Waals surface area contributed by atoms with Gasteiger partial charge in [-0.25, -0.2) is 0 Å². The fourth-order valence-corrected chi connectivity index (χ4v) is 4.42. The van der Waals surface area contributed by atoms with E-state index in [1.165, 1.54) is 25.7 Å². The van der Waals surface area contributed by atoms with Crippen molar-refractivity contribution >= 4 is 22.3 Å². The highest BCUT2D eigenvalue weighted by Gasteiger charge is 2.27. The summed E-state index contributed by atoms with van der Waals surface area (Å²) in [6.07, 6.45) is 9.68. The van der Waals surface area contributed by atoms with E-state index in [4.69, 9.17) is 4.18 Å². The Morgan fingerprint density at radius 2 is 1.69 bits per heavy atom. The quantitative estimate of drug-likeness (QED) is 0.227. The third-order valence-electron chi connectivity index (χ3n) is 4.77. The maximum absolute atomic E-state index is 12.5. The highest BCUT2D eigenvalue weighted by Crippen LogP contribution is 2.19. The van der Waals surface area contributed by atoms with Gasteiger partial charge in [0.1, 0.15) is 12.0 Å². The van der Waals surface area contributed by atoms with E-state index in [-0.39, 0.29) is 37.5 Å². The summed E-state index contributed by atoms with van der Waals surface area (Å²) in [5, 5.41) is 1.95. The molecule has 0 saturated carbocycles. The SMILES string of the molecule is CCCCCCCCCC(=O)NCCC(CCC=O)S(=O)(=O)Oc1ccccc1. The Bertz CT molecular complexity index is 676. The average Bonchev–Trinajstić information content (AvgIpc) is 2.70. The monoisotopic (exact) mass is 425 g/mol. The molecule has 1 aromatic rings. The molecule has 1 N–H and O–H groups in total. The average molecular weight is 426 g/mol. The van der Waals surface area contributed by atoms with Crippen molar-refractivity contribution in [2.24, 2.45) is 0 Å². The zero-order valence-corrected chi connectivity index (χ0v) is 18.3. The van der Waals surface area contributed by atoms with Gasteiger partial charge in [-0.1, -0.05) is 63.6 Å². The molecule has 1 aromatic carbocycles. The molecule has 0 radical (unpaired) electrons. The first-order chi connectivity index (χ1) is 14.0. The lowest BCUT2D eigenvalue weighted by molar-refractivity contribution is -0.121. The van der Waals surface area contributed by atoms with Crippen LogP contribution in [0.1, 0.15) is 77.6 Å². The first kappa shape index (κ1) is 25.1. The van der Waals surface area contributed by atoms with Gasteiger partial charge in [0.2, 0.25) is 5.91 Å². The maximum Gasteiger partial charge on any atom is 0.312 e. The van der Waals surface area contributed by atoms with Gasteiger partial charge in [-0.3, -0.25) is 4.79 Å². The van der Waals surface area contributed by atoms with Gasteiger partial charge in [0.25, 0.3) is 0 Å². The summed E-state index contributed by atoms with van der Waals surface area (Å²) in [6, 6.07) is 8.28. The molecule has 6 nitrogen and oxygen atoms in total. The molecule has 0 aromatic heterocycles. The molecule has 1 amide bonds. The number of rotatable bonds is 17. The second-order valence-corrected chi connectivity index (χ2v) is 9.08. The largest absolute Gasteiger partial charge is 0.382 e. The van der Waals surface area contributed by atoms with Crippen LogP contribution in [-0.4, -0.2) is 32.4 Å². The first-order valence-electron chi connectivity index (χ1n) is 10.7.